The summed E-state index contributed by atoms with van der Waals surface area (Å²) in [4.78, 5) is 2.62. The fraction of sp³-hybridized carbons (Fsp3) is 0.647. The highest BCUT2D eigenvalue weighted by Gasteiger charge is 2.28. The Morgan fingerprint density at radius 1 is 1.30 bits per heavy atom. The molecule has 1 aromatic carbocycles. The smallest absolute Gasteiger partial charge is 0.0415 e. The number of halogens is 1. The van der Waals surface area contributed by atoms with Crippen LogP contribution >= 0.6 is 15.9 Å². The molecule has 1 atom stereocenters. The van der Waals surface area contributed by atoms with E-state index in [1.54, 1.807) is 0 Å². The van der Waals surface area contributed by atoms with E-state index < -0.39 is 0 Å². The zero-order chi connectivity index (χ0) is 14.7. The van der Waals surface area contributed by atoms with Crippen LogP contribution in [0, 0.1) is 5.92 Å². The summed E-state index contributed by atoms with van der Waals surface area (Å²) in [5.74, 6) is 0.715. The van der Waals surface area contributed by atoms with Crippen molar-refractivity contribution in [3.63, 3.8) is 0 Å². The van der Waals surface area contributed by atoms with Gasteiger partial charge >= 0.3 is 0 Å². The summed E-state index contributed by atoms with van der Waals surface area (Å²) in [6, 6.07) is 7.92. The van der Waals surface area contributed by atoms with Gasteiger partial charge in [-0.05, 0) is 42.5 Å². The molecule has 0 aliphatic carbocycles. The van der Waals surface area contributed by atoms with Crippen LogP contribution in [0.15, 0.2) is 22.7 Å². The topological polar surface area (TPSA) is 15.3 Å². The van der Waals surface area contributed by atoms with Crippen molar-refractivity contribution in [3.8, 4) is 0 Å². The van der Waals surface area contributed by atoms with Gasteiger partial charge in [-0.2, -0.15) is 0 Å². The van der Waals surface area contributed by atoms with Crippen LogP contribution in [0.1, 0.15) is 46.1 Å². The molecule has 0 aromatic heterocycles. The summed E-state index contributed by atoms with van der Waals surface area (Å²) in [6.45, 7) is 11.2. The summed E-state index contributed by atoms with van der Waals surface area (Å²) in [7, 11) is 0. The molecular weight excluding hydrogens is 312 g/mol. The quantitative estimate of drug-likeness (QED) is 0.845. The fourth-order valence-electron chi connectivity index (χ4n) is 3.07. The van der Waals surface area contributed by atoms with Gasteiger partial charge in [-0.1, -0.05) is 43.6 Å². The molecule has 1 N–H and O–H groups in total. The second-order valence-corrected chi connectivity index (χ2v) is 7.37. The van der Waals surface area contributed by atoms with Crippen molar-refractivity contribution >= 4 is 21.6 Å². The molecule has 3 heteroatoms. The minimum atomic E-state index is 0.515. The predicted octanol–water partition coefficient (Wildman–Crippen LogP) is 4.57. The number of hydrogen-bond donors (Lipinski definition) is 1. The first-order chi connectivity index (χ1) is 9.49. The lowest BCUT2D eigenvalue weighted by molar-refractivity contribution is 0.490. The number of hydrogen-bond acceptors (Lipinski definition) is 2. The van der Waals surface area contributed by atoms with Crippen LogP contribution < -0.4 is 10.2 Å². The van der Waals surface area contributed by atoms with Crippen molar-refractivity contribution in [2.24, 2.45) is 5.92 Å². The lowest BCUT2D eigenvalue weighted by Gasteiger charge is -2.32. The van der Waals surface area contributed by atoms with E-state index in [1.807, 2.05) is 0 Å². The average Bonchev–Trinajstić information content (AvgIpc) is 2.85. The van der Waals surface area contributed by atoms with Crippen molar-refractivity contribution in [1.82, 2.24) is 5.32 Å². The Kier molecular flexibility index (Phi) is 5.50. The highest BCUT2D eigenvalue weighted by atomic mass is 79.9. The van der Waals surface area contributed by atoms with Gasteiger partial charge in [0.2, 0.25) is 0 Å². The molecule has 1 aromatic rings. The molecule has 0 saturated carbocycles. The second-order valence-electron chi connectivity index (χ2n) is 6.46. The monoisotopic (exact) mass is 338 g/mol. The third kappa shape index (κ3) is 3.76. The molecule has 1 fully saturated rings. The molecule has 112 valence electrons. The first kappa shape index (κ1) is 15.8. The molecule has 0 bridgehead atoms. The summed E-state index contributed by atoms with van der Waals surface area (Å²) in [5, 5.41) is 3.55. The summed E-state index contributed by atoms with van der Waals surface area (Å²) >= 11 is 3.61. The molecule has 0 radical (unpaired) electrons. The largest absolute Gasteiger partial charge is 0.368 e. The van der Waals surface area contributed by atoms with Gasteiger partial charge in [0.05, 0.1) is 0 Å². The third-order valence-corrected chi connectivity index (χ3v) is 4.61. The SMILES string of the molecule is CC(C)NCc1cc(Br)ccc1N1CCCC1C(C)C. The van der Waals surface area contributed by atoms with Crippen LogP contribution in [0.5, 0.6) is 0 Å². The van der Waals surface area contributed by atoms with Gasteiger partial charge in [0.15, 0.2) is 0 Å². The van der Waals surface area contributed by atoms with Crippen molar-refractivity contribution in [2.45, 2.75) is 59.2 Å². The molecule has 1 heterocycles. The van der Waals surface area contributed by atoms with Crippen molar-refractivity contribution < 1.29 is 0 Å². The van der Waals surface area contributed by atoms with Gasteiger partial charge in [0.25, 0.3) is 0 Å². The second kappa shape index (κ2) is 6.95. The van der Waals surface area contributed by atoms with Crippen molar-refractivity contribution in [3.05, 3.63) is 28.2 Å². The Bertz CT molecular complexity index is 443. The van der Waals surface area contributed by atoms with Crippen LogP contribution in [0.2, 0.25) is 0 Å². The molecule has 0 amide bonds. The highest BCUT2D eigenvalue weighted by Crippen LogP contribution is 2.33. The summed E-state index contributed by atoms with van der Waals surface area (Å²) < 4.78 is 1.17. The molecule has 1 aliphatic rings. The van der Waals surface area contributed by atoms with Gasteiger partial charge in [0, 0.05) is 35.3 Å². The van der Waals surface area contributed by atoms with Crippen molar-refractivity contribution in [1.29, 1.82) is 0 Å². The van der Waals surface area contributed by atoms with Crippen molar-refractivity contribution in [2.75, 3.05) is 11.4 Å². The molecule has 2 nitrogen and oxygen atoms in total. The van der Waals surface area contributed by atoms with E-state index >= 15 is 0 Å². The lowest BCUT2D eigenvalue weighted by atomic mass is 10.0. The minimum Gasteiger partial charge on any atom is -0.368 e. The Balaban J connectivity index is 2.25. The molecule has 1 aliphatic heterocycles. The first-order valence-corrected chi connectivity index (χ1v) is 8.56. The lowest BCUT2D eigenvalue weighted by Crippen LogP contribution is -2.34. The third-order valence-electron chi connectivity index (χ3n) is 4.12. The van der Waals surface area contributed by atoms with Gasteiger partial charge in [-0.3, -0.25) is 0 Å². The summed E-state index contributed by atoms with van der Waals surface area (Å²) in [6.07, 6.45) is 2.64. The maximum Gasteiger partial charge on any atom is 0.0415 e. The number of benzene rings is 1. The number of anilines is 1. The Labute approximate surface area is 132 Å². The van der Waals surface area contributed by atoms with E-state index in [4.69, 9.17) is 0 Å². The number of rotatable bonds is 5. The van der Waals surface area contributed by atoms with E-state index in [9.17, 15) is 0 Å². The number of nitrogens with one attached hydrogen (secondary N) is 1. The van der Waals surface area contributed by atoms with Crippen LogP contribution in [-0.4, -0.2) is 18.6 Å². The Morgan fingerprint density at radius 2 is 2.05 bits per heavy atom. The molecular formula is C17H27BrN2. The minimum absolute atomic E-state index is 0.515. The van der Waals surface area contributed by atoms with E-state index in [-0.39, 0.29) is 0 Å². The zero-order valence-electron chi connectivity index (χ0n) is 13.1. The van der Waals surface area contributed by atoms with E-state index in [1.165, 1.54) is 35.1 Å². The maximum absolute atomic E-state index is 3.61. The zero-order valence-corrected chi connectivity index (χ0v) is 14.7. The normalized spacial score (nSPS) is 19.4. The van der Waals surface area contributed by atoms with Gasteiger partial charge in [0.1, 0.15) is 0 Å². The van der Waals surface area contributed by atoms with Gasteiger partial charge in [-0.15, -0.1) is 0 Å². The molecule has 1 unspecified atom stereocenters. The Hall–Kier alpha value is -0.540. The Morgan fingerprint density at radius 3 is 2.70 bits per heavy atom. The van der Waals surface area contributed by atoms with E-state index in [0.717, 1.165) is 6.54 Å². The molecule has 1 saturated heterocycles. The standard InChI is InChI=1S/C17H27BrN2/c1-12(2)16-6-5-9-20(16)17-8-7-15(18)10-14(17)11-19-13(3)4/h7-8,10,12-13,16,19H,5-6,9,11H2,1-4H3. The first-order valence-electron chi connectivity index (χ1n) is 7.77. The van der Waals surface area contributed by atoms with Crippen LogP contribution in [-0.2, 0) is 6.54 Å². The molecule has 2 rings (SSSR count). The van der Waals surface area contributed by atoms with Crippen LogP contribution in [0.25, 0.3) is 0 Å². The summed E-state index contributed by atoms with van der Waals surface area (Å²) in [5.41, 5.74) is 2.82. The van der Waals surface area contributed by atoms with Gasteiger partial charge < -0.3 is 10.2 Å². The molecule has 20 heavy (non-hydrogen) atoms. The van der Waals surface area contributed by atoms with E-state index in [2.05, 4.69) is 72.0 Å². The predicted molar refractivity (Wildman–Crippen MR) is 91.3 cm³/mol. The maximum atomic E-state index is 3.61. The number of nitrogens with zero attached hydrogens (tertiary/aromatic N) is 1. The van der Waals surface area contributed by atoms with Crippen LogP contribution in [0.3, 0.4) is 0 Å². The van der Waals surface area contributed by atoms with Crippen LogP contribution in [0.4, 0.5) is 5.69 Å². The fourth-order valence-corrected chi connectivity index (χ4v) is 3.48. The van der Waals surface area contributed by atoms with E-state index in [0.29, 0.717) is 18.0 Å². The molecule has 0 spiro atoms. The average molecular weight is 339 g/mol. The van der Waals surface area contributed by atoms with Gasteiger partial charge in [-0.25, -0.2) is 0 Å². The highest BCUT2D eigenvalue weighted by molar-refractivity contribution is 9.10.